The molecule has 1 unspecified atom stereocenters. The first-order chi connectivity index (χ1) is 29.6. The molecule has 14 nitrogen and oxygen atoms in total. The summed E-state index contributed by atoms with van der Waals surface area (Å²) in [7, 11) is -8.98. The molecule has 0 spiro atoms. The molecular formula is C47H52N3O11S2+. The zero-order valence-electron chi connectivity index (χ0n) is 36.2. The molecule has 0 bridgehead atoms. The molecule has 2 amide bonds. The third kappa shape index (κ3) is 9.08. The van der Waals surface area contributed by atoms with Gasteiger partial charge in [0.05, 0.1) is 21.6 Å². The maximum absolute atomic E-state index is 12.9. The summed E-state index contributed by atoms with van der Waals surface area (Å²) < 4.78 is 77.1. The number of hydrogen-bond acceptors (Lipinski definition) is 10. The monoisotopic (exact) mass is 898 g/mol. The third-order valence-electron chi connectivity index (χ3n) is 12.2. The lowest BCUT2D eigenvalue weighted by molar-refractivity contribution is -0.437. The number of hydrogen-bond donors (Lipinski definition) is 2. The Kier molecular flexibility index (Phi) is 12.3. The quantitative estimate of drug-likeness (QED) is 0.0909. The smallest absolute Gasteiger partial charge is 0.333 e. The van der Waals surface area contributed by atoms with Crippen molar-refractivity contribution in [2.24, 2.45) is 0 Å². The molecule has 0 aliphatic carbocycles. The van der Waals surface area contributed by atoms with Crippen molar-refractivity contribution < 1.29 is 54.5 Å². The van der Waals surface area contributed by atoms with Crippen LogP contribution >= 0.6 is 0 Å². The van der Waals surface area contributed by atoms with Gasteiger partial charge in [-0.15, -0.1) is 5.06 Å². The Hall–Kier alpha value is -5.68. The molecule has 16 heteroatoms. The third-order valence-corrected chi connectivity index (χ3v) is 13.9. The molecule has 4 aliphatic heterocycles. The first-order valence-electron chi connectivity index (χ1n) is 20.9. The molecule has 3 aromatic rings. The summed E-state index contributed by atoms with van der Waals surface area (Å²) in [5, 5.41) is 0.486. The number of anilines is 1. The van der Waals surface area contributed by atoms with Crippen LogP contribution in [-0.2, 0) is 44.9 Å². The highest BCUT2D eigenvalue weighted by atomic mass is 32.2. The van der Waals surface area contributed by atoms with Gasteiger partial charge in [-0.2, -0.15) is 21.4 Å². The SMILES string of the molecule is CCN1c2cc3c(cc2C(C)=CC1(C)C)/C(=C/C=C/C1=[N+](CCCS(=O)(=O)O)c2ccc(S(=O)(=O)O)cc2C1(C)CCCC(=O)ON1C(=O)CCC1=O)C(C)=C(c1ccccc1)O3. The summed E-state index contributed by atoms with van der Waals surface area (Å²) in [6, 6.07) is 18.2. The maximum Gasteiger partial charge on any atom is 0.333 e. The van der Waals surface area contributed by atoms with E-state index in [-0.39, 0.29) is 55.5 Å². The topological polar surface area (TPSA) is 188 Å². The highest BCUT2D eigenvalue weighted by Gasteiger charge is 2.48. The van der Waals surface area contributed by atoms with E-state index in [2.05, 4.69) is 50.8 Å². The molecule has 7 rings (SSSR count). The van der Waals surface area contributed by atoms with Crippen LogP contribution in [0.2, 0.25) is 0 Å². The molecule has 2 N–H and O–H groups in total. The number of allylic oxidation sites excluding steroid dienone is 6. The van der Waals surface area contributed by atoms with E-state index in [4.69, 9.17) is 9.57 Å². The molecule has 332 valence electrons. The van der Waals surface area contributed by atoms with Gasteiger partial charge >= 0.3 is 5.97 Å². The minimum atomic E-state index is -4.66. The highest BCUT2D eigenvalue weighted by Crippen LogP contribution is 2.49. The number of carbonyl (C=O) groups excluding carboxylic acids is 3. The molecule has 1 fully saturated rings. The van der Waals surface area contributed by atoms with Gasteiger partial charge in [-0.05, 0) is 83.7 Å². The molecule has 0 saturated carbocycles. The van der Waals surface area contributed by atoms with Gasteiger partial charge in [0.15, 0.2) is 5.71 Å². The average molecular weight is 899 g/mol. The number of nitrogens with zero attached hydrogens (tertiary/aromatic N) is 3. The van der Waals surface area contributed by atoms with Gasteiger partial charge in [0.1, 0.15) is 18.1 Å². The zero-order valence-corrected chi connectivity index (χ0v) is 37.8. The predicted molar refractivity (Wildman–Crippen MR) is 239 cm³/mol. The molecule has 63 heavy (non-hydrogen) atoms. The lowest BCUT2D eigenvalue weighted by atomic mass is 9.75. The molecule has 1 atom stereocenters. The fraction of sp³-hybridized carbons (Fsp3) is 0.362. The summed E-state index contributed by atoms with van der Waals surface area (Å²) >= 11 is 0. The van der Waals surface area contributed by atoms with E-state index >= 15 is 0 Å². The summed E-state index contributed by atoms with van der Waals surface area (Å²) in [6.45, 7) is 13.3. The number of carbonyl (C=O) groups is 3. The number of hydroxylamine groups is 2. The van der Waals surface area contributed by atoms with Crippen LogP contribution in [-0.4, -0.2) is 83.5 Å². The number of amides is 2. The molecule has 0 aromatic heterocycles. The zero-order chi connectivity index (χ0) is 45.6. The Morgan fingerprint density at radius 3 is 2.29 bits per heavy atom. The molecule has 0 radical (unpaired) electrons. The van der Waals surface area contributed by atoms with Gasteiger partial charge in [-0.3, -0.25) is 18.7 Å². The Bertz CT molecular complexity index is 2790. The van der Waals surface area contributed by atoms with E-state index in [1.807, 2.05) is 67.0 Å². The van der Waals surface area contributed by atoms with Crippen LogP contribution in [0.1, 0.15) is 102 Å². The van der Waals surface area contributed by atoms with Crippen molar-refractivity contribution in [3.63, 3.8) is 0 Å². The van der Waals surface area contributed by atoms with Crippen molar-refractivity contribution in [3.8, 4) is 5.75 Å². The average Bonchev–Trinajstić information content (AvgIpc) is 3.64. The van der Waals surface area contributed by atoms with Crippen LogP contribution in [0.4, 0.5) is 11.4 Å². The highest BCUT2D eigenvalue weighted by molar-refractivity contribution is 7.86. The second-order valence-electron chi connectivity index (χ2n) is 17.0. The fourth-order valence-corrected chi connectivity index (χ4v) is 10.3. The van der Waals surface area contributed by atoms with Crippen LogP contribution in [0, 0.1) is 0 Å². The van der Waals surface area contributed by atoms with Crippen LogP contribution < -0.4 is 9.64 Å². The van der Waals surface area contributed by atoms with Gasteiger partial charge in [-0.1, -0.05) is 48.6 Å². The van der Waals surface area contributed by atoms with E-state index in [1.54, 1.807) is 0 Å². The Labute approximate surface area is 368 Å². The molecule has 1 saturated heterocycles. The van der Waals surface area contributed by atoms with Crippen LogP contribution in [0.5, 0.6) is 5.75 Å². The summed E-state index contributed by atoms with van der Waals surface area (Å²) in [5.74, 6) is -1.18. The lowest BCUT2D eigenvalue weighted by Gasteiger charge is -2.43. The first-order valence-corrected chi connectivity index (χ1v) is 24.0. The van der Waals surface area contributed by atoms with Crippen molar-refractivity contribution in [2.45, 2.75) is 95.9 Å². The predicted octanol–water partition coefficient (Wildman–Crippen LogP) is 7.83. The van der Waals surface area contributed by atoms with Gasteiger partial charge in [0.2, 0.25) is 5.69 Å². The van der Waals surface area contributed by atoms with E-state index in [1.165, 1.54) is 18.2 Å². The van der Waals surface area contributed by atoms with E-state index in [9.17, 15) is 40.3 Å². The Balaban J connectivity index is 1.35. The largest absolute Gasteiger partial charge is 0.456 e. The summed E-state index contributed by atoms with van der Waals surface area (Å²) in [4.78, 5) is 44.3. The molecule has 3 aromatic carbocycles. The van der Waals surface area contributed by atoms with Crippen LogP contribution in [0.15, 0.2) is 95.4 Å². The number of benzene rings is 3. The van der Waals surface area contributed by atoms with Crippen molar-refractivity contribution in [3.05, 3.63) is 113 Å². The first kappa shape index (κ1) is 45.3. The molecular weight excluding hydrogens is 847 g/mol. The number of rotatable bonds is 14. The molecule has 4 heterocycles. The normalized spacial score (nSPS) is 20.3. The Morgan fingerprint density at radius 1 is 0.937 bits per heavy atom. The van der Waals surface area contributed by atoms with Crippen molar-refractivity contribution >= 4 is 72.0 Å². The van der Waals surface area contributed by atoms with E-state index in [0.29, 0.717) is 33.5 Å². The number of imide groups is 1. The van der Waals surface area contributed by atoms with Gasteiger partial charge in [0.25, 0.3) is 32.1 Å². The molecule has 4 aliphatic rings. The number of fused-ring (bicyclic) bond motifs is 3. The van der Waals surface area contributed by atoms with Crippen molar-refractivity contribution in [2.75, 3.05) is 23.7 Å². The standard InChI is InChI=1S/C47H51N3O11S2/c1-7-49-39-28-40-36(27-35(39)30(2)29-46(49,4)5)34(31(3)45(60-40)32-14-9-8-10-15-32)16-11-17-41-47(6,23-12-18-44(53)61-50-42(51)21-22-43(50)52)37-26-33(63(57,58)59)19-20-38(37)48(41)24-13-25-62(54,55)56/h8-11,14-17,19-20,26-29H,7,12-13,18,21-25H2,1-6H3,(H-,54,55,56,57,58,59)/p+1. The van der Waals surface area contributed by atoms with Crippen LogP contribution in [0.25, 0.3) is 16.9 Å². The number of ether oxygens (including phenoxy) is 1. The number of likely N-dealkylation sites (N-methyl/N-ethyl adjacent to an activating group) is 1. The van der Waals surface area contributed by atoms with Crippen molar-refractivity contribution in [1.82, 2.24) is 5.06 Å². The second-order valence-corrected chi connectivity index (χ2v) is 20.0. The minimum absolute atomic E-state index is 0.00755. The summed E-state index contributed by atoms with van der Waals surface area (Å²) in [5.41, 5.74) is 7.18. The minimum Gasteiger partial charge on any atom is -0.456 e. The van der Waals surface area contributed by atoms with Crippen LogP contribution in [0.3, 0.4) is 0 Å². The van der Waals surface area contributed by atoms with Gasteiger partial charge in [-0.25, -0.2) is 4.79 Å². The van der Waals surface area contributed by atoms with Gasteiger partial charge < -0.3 is 14.5 Å². The summed E-state index contributed by atoms with van der Waals surface area (Å²) in [6.07, 6.45) is 8.06. The second kappa shape index (κ2) is 17.1. The lowest BCUT2D eigenvalue weighted by Crippen LogP contribution is -2.44. The van der Waals surface area contributed by atoms with Crippen molar-refractivity contribution in [1.29, 1.82) is 0 Å². The maximum atomic E-state index is 12.9. The fourth-order valence-electron chi connectivity index (χ4n) is 9.30. The van der Waals surface area contributed by atoms with E-state index in [0.717, 1.165) is 45.6 Å². The van der Waals surface area contributed by atoms with Gasteiger partial charge in [0, 0.05) is 84.0 Å². The van der Waals surface area contributed by atoms with E-state index < -0.39 is 49.2 Å². The Morgan fingerprint density at radius 2 is 1.63 bits per heavy atom.